The van der Waals surface area contributed by atoms with Gasteiger partial charge in [0.15, 0.2) is 6.16 Å². The molecule has 0 unspecified atom stereocenters. The molecule has 1 N–H and O–H groups in total. The minimum atomic E-state index is -2.32. The highest BCUT2D eigenvalue weighted by Crippen LogP contribution is 2.55. The van der Waals surface area contributed by atoms with E-state index in [9.17, 15) is 9.59 Å². The Labute approximate surface area is 194 Å². The van der Waals surface area contributed by atoms with Crippen LogP contribution < -0.4 is 21.2 Å². The van der Waals surface area contributed by atoms with Crippen molar-refractivity contribution in [2.75, 3.05) is 18.6 Å². The molecular weight excluding hydrogens is 429 g/mol. The van der Waals surface area contributed by atoms with Crippen molar-refractivity contribution in [1.29, 1.82) is 0 Å². The van der Waals surface area contributed by atoms with E-state index in [-0.39, 0.29) is 12.1 Å². The van der Waals surface area contributed by atoms with Crippen LogP contribution >= 0.6 is 7.26 Å². The Morgan fingerprint density at radius 1 is 0.667 bits per heavy atom. The second-order valence-corrected chi connectivity index (χ2v) is 11.0. The number of para-hydroxylation sites is 1. The predicted molar refractivity (Wildman–Crippen MR) is 136 cm³/mol. The molecule has 0 saturated heterocycles. The van der Waals surface area contributed by atoms with E-state index >= 15 is 0 Å². The van der Waals surface area contributed by atoms with Crippen LogP contribution in [0.2, 0.25) is 0 Å². The molecule has 5 heteroatoms. The van der Waals surface area contributed by atoms with Crippen LogP contribution in [-0.2, 0) is 9.53 Å². The minimum absolute atomic E-state index is 0.156. The van der Waals surface area contributed by atoms with Gasteiger partial charge in [-0.1, -0.05) is 66.7 Å². The van der Waals surface area contributed by atoms with E-state index in [0.717, 1.165) is 15.9 Å². The van der Waals surface area contributed by atoms with E-state index < -0.39 is 13.2 Å². The number of ether oxygens (including phenoxy) is 1. The average molecular weight is 454 g/mol. The number of methoxy groups -OCH3 is 1. The fourth-order valence-electron chi connectivity index (χ4n) is 4.05. The lowest BCUT2D eigenvalue weighted by atomic mass is 10.2. The number of benzene rings is 4. The van der Waals surface area contributed by atoms with Crippen LogP contribution in [0.1, 0.15) is 10.4 Å². The summed E-state index contributed by atoms with van der Waals surface area (Å²) in [5.74, 6) is -0.641. The quantitative estimate of drug-likeness (QED) is 0.333. The van der Waals surface area contributed by atoms with E-state index in [1.165, 1.54) is 7.11 Å². The molecule has 0 heterocycles. The first kappa shape index (κ1) is 22.4. The molecule has 0 aliphatic carbocycles. The molecule has 0 aromatic heterocycles. The molecular formula is C28H25NO3P+. The smallest absolute Gasteiger partial charge is 0.339 e. The lowest BCUT2D eigenvalue weighted by molar-refractivity contribution is -0.113. The molecule has 1 amide bonds. The third-order valence-corrected chi connectivity index (χ3v) is 9.88. The molecule has 4 aromatic rings. The maximum Gasteiger partial charge on any atom is 0.339 e. The lowest BCUT2D eigenvalue weighted by Crippen LogP contribution is -2.37. The van der Waals surface area contributed by atoms with Gasteiger partial charge in [0.25, 0.3) is 5.91 Å². The monoisotopic (exact) mass is 454 g/mol. The van der Waals surface area contributed by atoms with Gasteiger partial charge >= 0.3 is 5.97 Å². The summed E-state index contributed by atoms with van der Waals surface area (Å²) in [5, 5.41) is 6.35. The van der Waals surface area contributed by atoms with E-state index in [1.54, 1.807) is 24.3 Å². The first-order valence-corrected chi connectivity index (χ1v) is 12.6. The van der Waals surface area contributed by atoms with Crippen molar-refractivity contribution >= 4 is 40.7 Å². The maximum absolute atomic E-state index is 13.6. The summed E-state index contributed by atoms with van der Waals surface area (Å²) in [4.78, 5) is 25.8. The minimum Gasteiger partial charge on any atom is -0.465 e. The Hall–Kier alpha value is -3.75. The molecule has 4 rings (SSSR count). The van der Waals surface area contributed by atoms with Gasteiger partial charge in [-0.3, -0.25) is 4.79 Å². The molecule has 0 radical (unpaired) electrons. The third kappa shape index (κ3) is 4.72. The van der Waals surface area contributed by atoms with E-state index in [4.69, 9.17) is 4.74 Å². The average Bonchev–Trinajstić information content (AvgIpc) is 2.88. The number of anilines is 1. The molecule has 0 spiro atoms. The summed E-state index contributed by atoms with van der Waals surface area (Å²) in [6.07, 6.45) is 0.264. The maximum atomic E-state index is 13.6. The normalized spacial score (nSPS) is 10.9. The SMILES string of the molecule is COC(=O)c1ccccc1NC(=O)C[P+](c1ccccc1)(c1ccccc1)c1ccccc1. The van der Waals surface area contributed by atoms with Gasteiger partial charge < -0.3 is 10.1 Å². The van der Waals surface area contributed by atoms with Crippen molar-refractivity contribution in [3.05, 3.63) is 121 Å². The van der Waals surface area contributed by atoms with Gasteiger partial charge in [0.05, 0.1) is 18.4 Å². The second-order valence-electron chi connectivity index (χ2n) is 7.56. The Morgan fingerprint density at radius 2 is 1.09 bits per heavy atom. The van der Waals surface area contributed by atoms with Gasteiger partial charge in [-0.15, -0.1) is 0 Å². The highest BCUT2D eigenvalue weighted by Gasteiger charge is 2.47. The van der Waals surface area contributed by atoms with Crippen molar-refractivity contribution in [3.8, 4) is 0 Å². The molecule has 0 bridgehead atoms. The number of carbonyl (C=O) groups excluding carboxylic acids is 2. The zero-order valence-corrected chi connectivity index (χ0v) is 19.2. The first-order chi connectivity index (χ1) is 16.1. The number of amides is 1. The van der Waals surface area contributed by atoms with Crippen LogP contribution in [0.15, 0.2) is 115 Å². The Balaban J connectivity index is 1.82. The van der Waals surface area contributed by atoms with E-state index in [0.29, 0.717) is 11.3 Å². The van der Waals surface area contributed by atoms with Crippen molar-refractivity contribution < 1.29 is 14.3 Å². The highest BCUT2D eigenvalue weighted by atomic mass is 31.2. The summed E-state index contributed by atoms with van der Waals surface area (Å²) < 4.78 is 4.88. The fraction of sp³-hybridized carbons (Fsp3) is 0.0714. The Bertz CT molecular complexity index is 1130. The van der Waals surface area contributed by atoms with Crippen LogP contribution in [0.4, 0.5) is 5.69 Å². The number of esters is 1. The lowest BCUT2D eigenvalue weighted by Gasteiger charge is -2.27. The Kier molecular flexibility index (Phi) is 6.97. The third-order valence-electron chi connectivity index (χ3n) is 5.58. The van der Waals surface area contributed by atoms with Gasteiger partial charge in [0, 0.05) is 0 Å². The first-order valence-electron chi connectivity index (χ1n) is 10.7. The molecule has 0 aliphatic rings. The molecule has 164 valence electrons. The molecule has 0 saturated carbocycles. The summed E-state index contributed by atoms with van der Waals surface area (Å²) in [6.45, 7) is 0. The van der Waals surface area contributed by atoms with Gasteiger partial charge in [0.2, 0.25) is 0 Å². The van der Waals surface area contributed by atoms with Gasteiger partial charge in [0.1, 0.15) is 23.2 Å². The Morgan fingerprint density at radius 3 is 1.55 bits per heavy atom. The second kappa shape index (κ2) is 10.2. The zero-order valence-electron chi connectivity index (χ0n) is 18.3. The van der Waals surface area contributed by atoms with Gasteiger partial charge in [-0.05, 0) is 48.5 Å². The van der Waals surface area contributed by atoms with Crippen LogP contribution in [0.3, 0.4) is 0 Å². The number of nitrogens with one attached hydrogen (secondary N) is 1. The van der Waals surface area contributed by atoms with Crippen molar-refractivity contribution in [3.63, 3.8) is 0 Å². The summed E-state index contributed by atoms with van der Waals surface area (Å²) in [6, 6.07) is 37.6. The number of carbonyl (C=O) groups is 2. The molecule has 33 heavy (non-hydrogen) atoms. The van der Waals surface area contributed by atoms with Crippen LogP contribution in [0, 0.1) is 0 Å². The largest absolute Gasteiger partial charge is 0.465 e. The molecule has 4 nitrogen and oxygen atoms in total. The molecule has 0 fully saturated rings. The zero-order chi connectivity index (χ0) is 23.1. The summed E-state index contributed by atoms with van der Waals surface area (Å²) in [5.41, 5.74) is 0.776. The van der Waals surface area contributed by atoms with Gasteiger partial charge in [-0.2, -0.15) is 0 Å². The van der Waals surface area contributed by atoms with Crippen LogP contribution in [-0.4, -0.2) is 25.1 Å². The number of hydrogen-bond acceptors (Lipinski definition) is 3. The van der Waals surface area contributed by atoms with Crippen molar-refractivity contribution in [2.45, 2.75) is 0 Å². The number of rotatable bonds is 7. The molecule has 0 atom stereocenters. The summed E-state index contributed by atoms with van der Waals surface area (Å²) >= 11 is 0. The fourth-order valence-corrected chi connectivity index (χ4v) is 8.05. The van der Waals surface area contributed by atoms with E-state index in [2.05, 4.69) is 41.7 Å². The summed E-state index contributed by atoms with van der Waals surface area (Å²) in [7, 11) is -0.989. The van der Waals surface area contributed by atoms with Crippen molar-refractivity contribution in [2.24, 2.45) is 0 Å². The highest BCUT2D eigenvalue weighted by molar-refractivity contribution is 7.96. The predicted octanol–water partition coefficient (Wildman–Crippen LogP) is 4.41. The van der Waals surface area contributed by atoms with Crippen LogP contribution in [0.25, 0.3) is 0 Å². The van der Waals surface area contributed by atoms with Crippen LogP contribution in [0.5, 0.6) is 0 Å². The topological polar surface area (TPSA) is 55.4 Å². The molecule has 4 aromatic carbocycles. The van der Waals surface area contributed by atoms with E-state index in [1.807, 2.05) is 54.6 Å². The standard InChI is InChI=1S/C28H24NO3P/c1-32-28(31)25-19-11-12-20-26(25)29-27(30)21-33(22-13-5-2-6-14-22,23-15-7-3-8-16-23)24-17-9-4-10-18-24/h2-20H,21H2,1H3/p+1. The number of hydrogen-bond donors (Lipinski definition) is 1. The van der Waals surface area contributed by atoms with Crippen molar-refractivity contribution in [1.82, 2.24) is 0 Å². The van der Waals surface area contributed by atoms with Gasteiger partial charge in [-0.25, -0.2) is 4.79 Å². The molecule has 0 aliphatic heterocycles.